The zero-order valence-electron chi connectivity index (χ0n) is 11.3. The molecule has 3 aliphatic heterocycles. The van der Waals surface area contributed by atoms with E-state index < -0.39 is 0 Å². The number of nitrogens with zero attached hydrogens (tertiary/aromatic N) is 1. The van der Waals surface area contributed by atoms with Crippen LogP contribution < -0.4 is 5.73 Å². The van der Waals surface area contributed by atoms with Gasteiger partial charge in [0.15, 0.2) is 0 Å². The van der Waals surface area contributed by atoms with Crippen molar-refractivity contribution in [1.82, 2.24) is 4.90 Å². The topological polar surface area (TPSA) is 29.3 Å². The molecule has 0 spiro atoms. The Morgan fingerprint density at radius 1 is 1.18 bits per heavy atom. The van der Waals surface area contributed by atoms with Crippen LogP contribution in [0, 0.1) is 17.8 Å². The average Bonchev–Trinajstić information content (AvgIpc) is 2.83. The first-order chi connectivity index (χ1) is 8.29. The van der Waals surface area contributed by atoms with E-state index in [0.29, 0.717) is 6.04 Å². The second-order valence-electron chi connectivity index (χ2n) is 6.61. The van der Waals surface area contributed by atoms with E-state index in [1.54, 1.807) is 0 Å². The molecule has 4 fully saturated rings. The SMILES string of the molecule is CCC(N)CCC1CCC2C3CCN(CC3)C12. The van der Waals surface area contributed by atoms with E-state index in [0.717, 1.165) is 30.2 Å². The van der Waals surface area contributed by atoms with E-state index in [2.05, 4.69) is 11.8 Å². The smallest absolute Gasteiger partial charge is 0.0154 e. The number of piperidine rings is 3. The van der Waals surface area contributed by atoms with Gasteiger partial charge in [0.05, 0.1) is 0 Å². The highest BCUT2D eigenvalue weighted by Crippen LogP contribution is 2.49. The molecule has 2 N–H and O–H groups in total. The monoisotopic (exact) mass is 236 g/mol. The van der Waals surface area contributed by atoms with Gasteiger partial charge < -0.3 is 5.73 Å². The third kappa shape index (κ3) is 2.15. The van der Waals surface area contributed by atoms with Gasteiger partial charge in [0.25, 0.3) is 0 Å². The maximum atomic E-state index is 6.08. The van der Waals surface area contributed by atoms with Crippen molar-refractivity contribution in [2.45, 2.75) is 64.0 Å². The zero-order valence-corrected chi connectivity index (χ0v) is 11.3. The van der Waals surface area contributed by atoms with E-state index in [4.69, 9.17) is 5.73 Å². The van der Waals surface area contributed by atoms with Crippen LogP contribution in [0.2, 0.25) is 0 Å². The van der Waals surface area contributed by atoms with Crippen LogP contribution in [-0.2, 0) is 0 Å². The standard InChI is InChI=1S/C15H28N2/c1-2-13(16)5-3-12-4-6-14-11-7-9-17(10-8-11)15(12)14/h11-15H,2-10,16H2,1H3. The Morgan fingerprint density at radius 3 is 2.65 bits per heavy atom. The summed E-state index contributed by atoms with van der Waals surface area (Å²) in [5.41, 5.74) is 6.08. The van der Waals surface area contributed by atoms with Gasteiger partial charge in [0, 0.05) is 12.1 Å². The second-order valence-corrected chi connectivity index (χ2v) is 6.61. The molecule has 4 rings (SSSR count). The molecule has 2 nitrogen and oxygen atoms in total. The molecular weight excluding hydrogens is 208 g/mol. The molecule has 1 saturated carbocycles. The van der Waals surface area contributed by atoms with Gasteiger partial charge in [-0.05, 0) is 75.8 Å². The average molecular weight is 236 g/mol. The summed E-state index contributed by atoms with van der Waals surface area (Å²) in [5, 5.41) is 0. The van der Waals surface area contributed by atoms with Crippen molar-refractivity contribution in [3.63, 3.8) is 0 Å². The van der Waals surface area contributed by atoms with Crippen LogP contribution in [0.3, 0.4) is 0 Å². The van der Waals surface area contributed by atoms with Crippen LogP contribution in [0.15, 0.2) is 0 Å². The van der Waals surface area contributed by atoms with Crippen molar-refractivity contribution >= 4 is 0 Å². The highest BCUT2D eigenvalue weighted by Gasteiger charge is 2.48. The van der Waals surface area contributed by atoms with Gasteiger partial charge in [0.2, 0.25) is 0 Å². The van der Waals surface area contributed by atoms with Gasteiger partial charge >= 0.3 is 0 Å². The maximum Gasteiger partial charge on any atom is 0.0154 e. The summed E-state index contributed by atoms with van der Waals surface area (Å²) >= 11 is 0. The minimum Gasteiger partial charge on any atom is -0.328 e. The predicted molar refractivity (Wildman–Crippen MR) is 71.8 cm³/mol. The summed E-state index contributed by atoms with van der Waals surface area (Å²) in [6.07, 6.45) is 9.76. The van der Waals surface area contributed by atoms with E-state index in [1.807, 2.05) is 0 Å². The molecule has 2 heteroatoms. The Kier molecular flexibility index (Phi) is 3.45. The van der Waals surface area contributed by atoms with Gasteiger partial charge in [-0.15, -0.1) is 0 Å². The number of fused-ring (bicyclic) bond motifs is 2. The fourth-order valence-corrected chi connectivity index (χ4v) is 4.77. The van der Waals surface area contributed by atoms with Gasteiger partial charge in [0.1, 0.15) is 0 Å². The summed E-state index contributed by atoms with van der Waals surface area (Å²) < 4.78 is 0. The molecule has 98 valence electrons. The third-order valence-corrected chi connectivity index (χ3v) is 5.83. The Hall–Kier alpha value is -0.0800. The van der Waals surface area contributed by atoms with Crippen LogP contribution in [0.25, 0.3) is 0 Å². The van der Waals surface area contributed by atoms with E-state index in [-0.39, 0.29) is 0 Å². The lowest BCUT2D eigenvalue weighted by molar-refractivity contribution is -0.0115. The quantitative estimate of drug-likeness (QED) is 0.813. The second kappa shape index (κ2) is 4.89. The molecule has 2 bridgehead atoms. The molecule has 4 aliphatic rings. The Balaban J connectivity index is 1.60. The molecule has 3 heterocycles. The van der Waals surface area contributed by atoms with Crippen molar-refractivity contribution in [3.8, 4) is 0 Å². The molecule has 0 aromatic carbocycles. The van der Waals surface area contributed by atoms with Crippen molar-refractivity contribution < 1.29 is 0 Å². The summed E-state index contributed by atoms with van der Waals surface area (Å²) in [6, 6.07) is 1.40. The van der Waals surface area contributed by atoms with Crippen molar-refractivity contribution in [2.75, 3.05) is 13.1 Å². The van der Waals surface area contributed by atoms with Crippen molar-refractivity contribution in [3.05, 3.63) is 0 Å². The molecule has 4 atom stereocenters. The number of hydrogen-bond acceptors (Lipinski definition) is 2. The first-order valence-electron chi connectivity index (χ1n) is 7.79. The molecular formula is C15H28N2. The summed E-state index contributed by atoms with van der Waals surface area (Å²) in [4.78, 5) is 2.82. The lowest BCUT2D eigenvalue weighted by Crippen LogP contribution is -2.54. The number of nitrogens with two attached hydrogens (primary N) is 1. The van der Waals surface area contributed by atoms with E-state index >= 15 is 0 Å². The van der Waals surface area contributed by atoms with Crippen LogP contribution in [0.1, 0.15) is 51.9 Å². The zero-order chi connectivity index (χ0) is 11.8. The summed E-state index contributed by atoms with van der Waals surface area (Å²) in [6.45, 7) is 5.00. The molecule has 0 aromatic rings. The number of hydrogen-bond donors (Lipinski definition) is 1. The third-order valence-electron chi connectivity index (χ3n) is 5.83. The van der Waals surface area contributed by atoms with Crippen molar-refractivity contribution in [1.29, 1.82) is 0 Å². The van der Waals surface area contributed by atoms with Gasteiger partial charge in [-0.3, -0.25) is 4.90 Å². The Bertz CT molecular complexity index is 258. The number of rotatable bonds is 4. The lowest BCUT2D eigenvalue weighted by atomic mass is 9.73. The van der Waals surface area contributed by atoms with Gasteiger partial charge in [-0.1, -0.05) is 6.92 Å². The fraction of sp³-hybridized carbons (Fsp3) is 1.00. The van der Waals surface area contributed by atoms with Crippen LogP contribution in [0.5, 0.6) is 0 Å². The normalized spacial score (nSPS) is 45.9. The van der Waals surface area contributed by atoms with E-state index in [9.17, 15) is 0 Å². The highest BCUT2D eigenvalue weighted by atomic mass is 15.2. The highest BCUT2D eigenvalue weighted by molar-refractivity contribution is 5.01. The Morgan fingerprint density at radius 2 is 1.94 bits per heavy atom. The lowest BCUT2D eigenvalue weighted by Gasteiger charge is -2.50. The largest absolute Gasteiger partial charge is 0.328 e. The molecule has 0 radical (unpaired) electrons. The van der Waals surface area contributed by atoms with Crippen LogP contribution in [0.4, 0.5) is 0 Å². The first-order valence-corrected chi connectivity index (χ1v) is 7.79. The fourth-order valence-electron chi connectivity index (χ4n) is 4.77. The minimum atomic E-state index is 0.449. The molecule has 4 unspecified atom stereocenters. The van der Waals surface area contributed by atoms with Crippen LogP contribution in [-0.4, -0.2) is 30.1 Å². The molecule has 1 aliphatic carbocycles. The van der Waals surface area contributed by atoms with Crippen LogP contribution >= 0.6 is 0 Å². The molecule has 17 heavy (non-hydrogen) atoms. The molecule has 0 amide bonds. The maximum absolute atomic E-state index is 6.08. The minimum absolute atomic E-state index is 0.449. The van der Waals surface area contributed by atoms with E-state index in [1.165, 1.54) is 51.6 Å². The molecule has 3 saturated heterocycles. The molecule has 0 aromatic heterocycles. The Labute approximate surface area is 106 Å². The predicted octanol–water partition coefficient (Wildman–Crippen LogP) is 2.62. The summed E-state index contributed by atoms with van der Waals surface area (Å²) in [7, 11) is 0. The summed E-state index contributed by atoms with van der Waals surface area (Å²) in [5.74, 6) is 3.11. The van der Waals surface area contributed by atoms with Crippen molar-refractivity contribution in [2.24, 2.45) is 23.5 Å². The van der Waals surface area contributed by atoms with Gasteiger partial charge in [-0.2, -0.15) is 0 Å². The van der Waals surface area contributed by atoms with Gasteiger partial charge in [-0.25, -0.2) is 0 Å². The first kappa shape index (κ1) is 12.0.